The fourth-order valence-electron chi connectivity index (χ4n) is 2.46. The quantitative estimate of drug-likeness (QED) is 0.879. The maximum absolute atomic E-state index is 12.4. The van der Waals surface area contributed by atoms with Crippen LogP contribution in [-0.4, -0.2) is 35.9 Å². The summed E-state index contributed by atoms with van der Waals surface area (Å²) in [6, 6.07) is 4.02. The molecule has 2 heterocycles. The van der Waals surface area contributed by atoms with Crippen molar-refractivity contribution in [2.45, 2.75) is 19.9 Å². The molecule has 4 heteroatoms. The van der Waals surface area contributed by atoms with E-state index in [0.29, 0.717) is 5.92 Å². The molecule has 2 rings (SSSR count). The Morgan fingerprint density at radius 1 is 1.44 bits per heavy atom. The molecule has 1 N–H and O–H groups in total. The normalized spacial score (nSPS) is 24.8. The minimum absolute atomic E-state index is 0.0910. The SMILES string of the molecule is CC1CNCC1C(=O)N(C)C(C)c1ccncc1. The predicted octanol–water partition coefficient (Wildman–Crippen LogP) is 1.46. The van der Waals surface area contributed by atoms with Crippen molar-refractivity contribution in [1.82, 2.24) is 15.2 Å². The maximum atomic E-state index is 12.4. The van der Waals surface area contributed by atoms with Gasteiger partial charge in [-0.25, -0.2) is 0 Å². The molecule has 4 nitrogen and oxygen atoms in total. The highest BCUT2D eigenvalue weighted by Gasteiger charge is 2.33. The molecule has 1 aliphatic rings. The van der Waals surface area contributed by atoms with Gasteiger partial charge in [0.1, 0.15) is 0 Å². The number of amides is 1. The first-order chi connectivity index (χ1) is 8.61. The van der Waals surface area contributed by atoms with Crippen molar-refractivity contribution in [3.8, 4) is 0 Å². The van der Waals surface area contributed by atoms with Crippen molar-refractivity contribution in [1.29, 1.82) is 0 Å². The van der Waals surface area contributed by atoms with E-state index in [1.54, 1.807) is 12.4 Å². The van der Waals surface area contributed by atoms with Crippen LogP contribution in [0.2, 0.25) is 0 Å². The molecule has 0 radical (unpaired) electrons. The van der Waals surface area contributed by atoms with Crippen molar-refractivity contribution >= 4 is 5.91 Å². The van der Waals surface area contributed by atoms with Crippen molar-refractivity contribution in [2.24, 2.45) is 11.8 Å². The van der Waals surface area contributed by atoms with Gasteiger partial charge in [0.25, 0.3) is 0 Å². The first kappa shape index (κ1) is 13.0. The summed E-state index contributed by atoms with van der Waals surface area (Å²) in [5, 5.41) is 3.28. The van der Waals surface area contributed by atoms with Gasteiger partial charge in [0.15, 0.2) is 0 Å². The fourth-order valence-corrected chi connectivity index (χ4v) is 2.46. The molecule has 1 saturated heterocycles. The second kappa shape index (κ2) is 5.48. The van der Waals surface area contributed by atoms with Crippen LogP contribution < -0.4 is 5.32 Å². The van der Waals surface area contributed by atoms with Crippen molar-refractivity contribution < 1.29 is 4.79 Å². The van der Waals surface area contributed by atoms with E-state index in [4.69, 9.17) is 0 Å². The van der Waals surface area contributed by atoms with E-state index in [1.165, 1.54) is 0 Å². The van der Waals surface area contributed by atoms with Gasteiger partial charge in [-0.15, -0.1) is 0 Å². The van der Waals surface area contributed by atoms with Gasteiger partial charge in [0.05, 0.1) is 12.0 Å². The van der Waals surface area contributed by atoms with Gasteiger partial charge in [0.2, 0.25) is 5.91 Å². The number of hydrogen-bond acceptors (Lipinski definition) is 3. The number of pyridine rings is 1. The molecule has 0 aromatic carbocycles. The lowest BCUT2D eigenvalue weighted by Gasteiger charge is -2.29. The Morgan fingerprint density at radius 3 is 2.67 bits per heavy atom. The van der Waals surface area contributed by atoms with Gasteiger partial charge in [-0.05, 0) is 37.1 Å². The third-order valence-corrected chi connectivity index (χ3v) is 3.95. The van der Waals surface area contributed by atoms with Gasteiger partial charge in [-0.3, -0.25) is 9.78 Å². The summed E-state index contributed by atoms with van der Waals surface area (Å²) in [7, 11) is 1.89. The Hall–Kier alpha value is -1.42. The largest absolute Gasteiger partial charge is 0.339 e. The number of carbonyl (C=O) groups is 1. The molecule has 1 aromatic heterocycles. The Balaban J connectivity index is 2.07. The van der Waals surface area contributed by atoms with Crippen LogP contribution in [0.4, 0.5) is 0 Å². The van der Waals surface area contributed by atoms with Gasteiger partial charge in [-0.2, -0.15) is 0 Å². The lowest BCUT2D eigenvalue weighted by Crippen LogP contribution is -2.37. The average Bonchev–Trinajstić information content (AvgIpc) is 2.83. The fraction of sp³-hybridized carbons (Fsp3) is 0.571. The maximum Gasteiger partial charge on any atom is 0.227 e. The number of carbonyl (C=O) groups excluding carboxylic acids is 1. The molecule has 18 heavy (non-hydrogen) atoms. The van der Waals surface area contributed by atoms with Gasteiger partial charge in [-0.1, -0.05) is 6.92 Å². The molecule has 98 valence electrons. The lowest BCUT2D eigenvalue weighted by molar-refractivity contribution is -0.136. The molecule has 0 bridgehead atoms. The van der Waals surface area contributed by atoms with E-state index in [2.05, 4.69) is 24.1 Å². The van der Waals surface area contributed by atoms with Crippen LogP contribution in [0.15, 0.2) is 24.5 Å². The molecule has 1 aliphatic heterocycles. The molecule has 0 saturated carbocycles. The molecule has 1 aromatic rings. The second-order valence-corrected chi connectivity index (χ2v) is 5.15. The molecular weight excluding hydrogens is 226 g/mol. The van der Waals surface area contributed by atoms with Crippen LogP contribution in [0.1, 0.15) is 25.5 Å². The van der Waals surface area contributed by atoms with Crippen LogP contribution in [-0.2, 0) is 4.79 Å². The summed E-state index contributed by atoms with van der Waals surface area (Å²) in [4.78, 5) is 18.3. The van der Waals surface area contributed by atoms with E-state index >= 15 is 0 Å². The second-order valence-electron chi connectivity index (χ2n) is 5.15. The van der Waals surface area contributed by atoms with Gasteiger partial charge in [0, 0.05) is 26.0 Å². The van der Waals surface area contributed by atoms with E-state index in [9.17, 15) is 4.79 Å². The lowest BCUT2D eigenvalue weighted by atomic mass is 9.95. The van der Waals surface area contributed by atoms with Crippen LogP contribution in [0.25, 0.3) is 0 Å². The average molecular weight is 247 g/mol. The van der Waals surface area contributed by atoms with Crippen molar-refractivity contribution in [3.63, 3.8) is 0 Å². The first-order valence-corrected chi connectivity index (χ1v) is 6.48. The number of hydrogen-bond donors (Lipinski definition) is 1. The zero-order valence-electron chi connectivity index (χ0n) is 11.3. The molecule has 1 amide bonds. The smallest absolute Gasteiger partial charge is 0.227 e. The van der Waals surface area contributed by atoms with Crippen molar-refractivity contribution in [3.05, 3.63) is 30.1 Å². The van der Waals surface area contributed by atoms with E-state index < -0.39 is 0 Å². The highest BCUT2D eigenvalue weighted by atomic mass is 16.2. The van der Waals surface area contributed by atoms with Crippen LogP contribution in [0.3, 0.4) is 0 Å². The zero-order chi connectivity index (χ0) is 13.1. The van der Waals surface area contributed by atoms with Crippen LogP contribution >= 0.6 is 0 Å². The van der Waals surface area contributed by atoms with Gasteiger partial charge < -0.3 is 10.2 Å². The first-order valence-electron chi connectivity index (χ1n) is 6.48. The number of aromatic nitrogens is 1. The number of rotatable bonds is 3. The molecule has 3 unspecified atom stereocenters. The van der Waals surface area contributed by atoms with Crippen LogP contribution in [0, 0.1) is 11.8 Å². The summed E-state index contributed by atoms with van der Waals surface area (Å²) in [5.74, 6) is 0.765. The van der Waals surface area contributed by atoms with Gasteiger partial charge >= 0.3 is 0 Å². The summed E-state index contributed by atoms with van der Waals surface area (Å²) in [6.07, 6.45) is 3.54. The monoisotopic (exact) mass is 247 g/mol. The topological polar surface area (TPSA) is 45.2 Å². The highest BCUT2D eigenvalue weighted by molar-refractivity contribution is 5.80. The summed E-state index contributed by atoms with van der Waals surface area (Å²) in [5.41, 5.74) is 1.12. The Labute approximate surface area is 108 Å². The standard InChI is InChI=1S/C14H21N3O/c1-10-8-16-9-13(10)14(18)17(3)11(2)12-4-6-15-7-5-12/h4-7,10-11,13,16H,8-9H2,1-3H3. The molecule has 0 aliphatic carbocycles. The van der Waals surface area contributed by atoms with E-state index in [-0.39, 0.29) is 17.9 Å². The third-order valence-electron chi connectivity index (χ3n) is 3.95. The molecule has 1 fully saturated rings. The third kappa shape index (κ3) is 2.53. The predicted molar refractivity (Wildman–Crippen MR) is 70.9 cm³/mol. The van der Waals surface area contributed by atoms with Crippen molar-refractivity contribution in [2.75, 3.05) is 20.1 Å². The number of nitrogens with zero attached hydrogens (tertiary/aromatic N) is 2. The highest BCUT2D eigenvalue weighted by Crippen LogP contribution is 2.24. The minimum atomic E-state index is 0.0910. The Bertz CT molecular complexity index is 407. The number of nitrogens with one attached hydrogen (secondary N) is 1. The molecule has 0 spiro atoms. The molecular formula is C14H21N3O. The van der Waals surface area contributed by atoms with Crippen LogP contribution in [0.5, 0.6) is 0 Å². The Morgan fingerprint density at radius 2 is 2.11 bits per heavy atom. The van der Waals surface area contributed by atoms with E-state index in [0.717, 1.165) is 18.7 Å². The molecule has 3 atom stereocenters. The zero-order valence-corrected chi connectivity index (χ0v) is 11.3. The minimum Gasteiger partial charge on any atom is -0.339 e. The summed E-state index contributed by atoms with van der Waals surface area (Å²) < 4.78 is 0. The summed E-state index contributed by atoms with van der Waals surface area (Å²) in [6.45, 7) is 5.93. The van der Waals surface area contributed by atoms with E-state index in [1.807, 2.05) is 24.1 Å². The Kier molecular flexibility index (Phi) is 3.97. The summed E-state index contributed by atoms with van der Waals surface area (Å²) >= 11 is 0.